The molecule has 0 bridgehead atoms. The maximum Gasteiger partial charge on any atom is 0.123 e. The number of benzene rings is 2. The molecule has 124 valence electrons. The SMILES string of the molecule is C1=CCc2ccccc2OC1.C=CCOc1ccccc1CC=C. The molecular formula is C22H24O2. The van der Waals surface area contributed by atoms with Crippen molar-refractivity contribution in [3.8, 4) is 11.5 Å². The van der Waals surface area contributed by atoms with Gasteiger partial charge in [0.05, 0.1) is 0 Å². The van der Waals surface area contributed by atoms with Crippen LogP contribution in [0.3, 0.4) is 0 Å². The van der Waals surface area contributed by atoms with Gasteiger partial charge in [-0.15, -0.1) is 6.58 Å². The molecular weight excluding hydrogens is 296 g/mol. The molecule has 0 aromatic heterocycles. The van der Waals surface area contributed by atoms with E-state index in [1.807, 2.05) is 48.5 Å². The van der Waals surface area contributed by atoms with Crippen LogP contribution in [-0.4, -0.2) is 13.2 Å². The number of rotatable bonds is 5. The summed E-state index contributed by atoms with van der Waals surface area (Å²) in [6.07, 6.45) is 9.65. The molecule has 2 aromatic carbocycles. The molecule has 0 radical (unpaired) electrons. The Morgan fingerprint density at radius 1 is 0.958 bits per heavy atom. The molecule has 0 unspecified atom stereocenters. The normalized spacial score (nSPS) is 11.8. The minimum Gasteiger partial charge on any atom is -0.489 e. The Bertz CT molecular complexity index is 686. The lowest BCUT2D eigenvalue weighted by Crippen LogP contribution is -1.96. The van der Waals surface area contributed by atoms with E-state index in [2.05, 4.69) is 31.4 Å². The van der Waals surface area contributed by atoms with E-state index in [0.29, 0.717) is 13.2 Å². The van der Waals surface area contributed by atoms with Crippen LogP contribution in [0.4, 0.5) is 0 Å². The van der Waals surface area contributed by atoms with Gasteiger partial charge in [-0.1, -0.05) is 67.3 Å². The summed E-state index contributed by atoms with van der Waals surface area (Å²) in [5, 5.41) is 0. The highest BCUT2D eigenvalue weighted by Gasteiger charge is 2.02. The van der Waals surface area contributed by atoms with E-state index in [4.69, 9.17) is 9.47 Å². The zero-order chi connectivity index (χ0) is 17.0. The monoisotopic (exact) mass is 320 g/mol. The molecule has 24 heavy (non-hydrogen) atoms. The second-order valence-electron chi connectivity index (χ2n) is 5.29. The first kappa shape index (κ1) is 17.6. The third-order valence-corrected chi connectivity index (χ3v) is 3.51. The summed E-state index contributed by atoms with van der Waals surface area (Å²) < 4.78 is 10.9. The predicted octanol–water partition coefficient (Wildman–Crippen LogP) is 5.16. The molecule has 1 aliphatic rings. The van der Waals surface area contributed by atoms with E-state index in [1.54, 1.807) is 6.08 Å². The van der Waals surface area contributed by atoms with Crippen molar-refractivity contribution < 1.29 is 9.47 Å². The van der Waals surface area contributed by atoms with Crippen molar-refractivity contribution in [3.63, 3.8) is 0 Å². The first-order valence-corrected chi connectivity index (χ1v) is 8.13. The fourth-order valence-electron chi connectivity index (χ4n) is 2.35. The fraction of sp³-hybridized carbons (Fsp3) is 0.182. The molecule has 0 amide bonds. The average Bonchev–Trinajstić information content (AvgIpc) is 2.87. The molecule has 1 aliphatic heterocycles. The number of ether oxygens (including phenoxy) is 2. The smallest absolute Gasteiger partial charge is 0.123 e. The number of allylic oxidation sites excluding steroid dienone is 2. The lowest BCUT2D eigenvalue weighted by molar-refractivity contribution is 0.360. The zero-order valence-electron chi connectivity index (χ0n) is 14.0. The zero-order valence-corrected chi connectivity index (χ0v) is 14.0. The summed E-state index contributed by atoms with van der Waals surface area (Å²) >= 11 is 0. The van der Waals surface area contributed by atoms with E-state index in [1.165, 1.54) is 11.1 Å². The molecule has 0 atom stereocenters. The first-order valence-electron chi connectivity index (χ1n) is 8.13. The van der Waals surface area contributed by atoms with Crippen LogP contribution in [0.1, 0.15) is 11.1 Å². The lowest BCUT2D eigenvalue weighted by atomic mass is 10.1. The van der Waals surface area contributed by atoms with E-state index < -0.39 is 0 Å². The van der Waals surface area contributed by atoms with Crippen molar-refractivity contribution in [1.29, 1.82) is 0 Å². The molecule has 0 saturated carbocycles. The van der Waals surface area contributed by atoms with Crippen molar-refractivity contribution in [3.05, 3.63) is 97.1 Å². The summed E-state index contributed by atoms with van der Waals surface area (Å²) in [6, 6.07) is 16.1. The summed E-state index contributed by atoms with van der Waals surface area (Å²) in [6.45, 7) is 8.56. The van der Waals surface area contributed by atoms with Crippen LogP contribution in [0.2, 0.25) is 0 Å². The molecule has 2 aromatic rings. The Kier molecular flexibility index (Phi) is 7.42. The van der Waals surface area contributed by atoms with Gasteiger partial charge in [0, 0.05) is 0 Å². The topological polar surface area (TPSA) is 18.5 Å². The maximum atomic E-state index is 5.47. The van der Waals surface area contributed by atoms with Gasteiger partial charge in [0.2, 0.25) is 0 Å². The van der Waals surface area contributed by atoms with Crippen LogP contribution in [0.25, 0.3) is 0 Å². The lowest BCUT2D eigenvalue weighted by Gasteiger charge is -2.07. The van der Waals surface area contributed by atoms with Gasteiger partial charge in [-0.05, 0) is 36.1 Å². The van der Waals surface area contributed by atoms with Gasteiger partial charge in [-0.25, -0.2) is 0 Å². The molecule has 0 saturated heterocycles. The number of fused-ring (bicyclic) bond motifs is 1. The summed E-state index contributed by atoms with van der Waals surface area (Å²) in [7, 11) is 0. The minimum absolute atomic E-state index is 0.550. The second kappa shape index (κ2) is 10.1. The fourth-order valence-corrected chi connectivity index (χ4v) is 2.35. The Labute approximate surface area is 144 Å². The highest BCUT2D eigenvalue weighted by Crippen LogP contribution is 2.20. The largest absolute Gasteiger partial charge is 0.489 e. The third-order valence-electron chi connectivity index (χ3n) is 3.51. The molecule has 0 fully saturated rings. The number of hydrogen-bond acceptors (Lipinski definition) is 2. The van der Waals surface area contributed by atoms with Crippen LogP contribution in [-0.2, 0) is 12.8 Å². The van der Waals surface area contributed by atoms with E-state index in [9.17, 15) is 0 Å². The van der Waals surface area contributed by atoms with Gasteiger partial charge in [-0.3, -0.25) is 0 Å². The van der Waals surface area contributed by atoms with Gasteiger partial charge in [0.1, 0.15) is 24.7 Å². The number of hydrogen-bond donors (Lipinski definition) is 0. The van der Waals surface area contributed by atoms with Crippen LogP contribution in [0.15, 0.2) is 86.0 Å². The Morgan fingerprint density at radius 2 is 1.75 bits per heavy atom. The maximum absolute atomic E-state index is 5.47. The summed E-state index contributed by atoms with van der Waals surface area (Å²) in [5.74, 6) is 1.94. The van der Waals surface area contributed by atoms with Crippen molar-refractivity contribution in [1.82, 2.24) is 0 Å². The van der Waals surface area contributed by atoms with Gasteiger partial charge in [0.25, 0.3) is 0 Å². The molecule has 0 N–H and O–H groups in total. The van der Waals surface area contributed by atoms with E-state index >= 15 is 0 Å². The quantitative estimate of drug-likeness (QED) is 0.709. The van der Waals surface area contributed by atoms with Crippen molar-refractivity contribution in [2.75, 3.05) is 13.2 Å². The predicted molar refractivity (Wildman–Crippen MR) is 101 cm³/mol. The van der Waals surface area contributed by atoms with E-state index in [0.717, 1.165) is 24.3 Å². The Hall–Kier alpha value is -2.74. The highest BCUT2D eigenvalue weighted by atomic mass is 16.5. The van der Waals surface area contributed by atoms with Crippen LogP contribution in [0, 0.1) is 0 Å². The van der Waals surface area contributed by atoms with Crippen LogP contribution < -0.4 is 9.47 Å². The first-order chi connectivity index (χ1) is 11.8. The molecule has 0 spiro atoms. The van der Waals surface area contributed by atoms with Crippen molar-refractivity contribution >= 4 is 0 Å². The third kappa shape index (κ3) is 5.47. The second-order valence-corrected chi connectivity index (χ2v) is 5.29. The van der Waals surface area contributed by atoms with Crippen molar-refractivity contribution in [2.24, 2.45) is 0 Å². The van der Waals surface area contributed by atoms with Gasteiger partial charge < -0.3 is 9.47 Å². The van der Waals surface area contributed by atoms with E-state index in [-0.39, 0.29) is 0 Å². The van der Waals surface area contributed by atoms with Crippen molar-refractivity contribution in [2.45, 2.75) is 12.8 Å². The Balaban J connectivity index is 0.000000175. The summed E-state index contributed by atoms with van der Waals surface area (Å²) in [5.41, 5.74) is 2.45. The standard InChI is InChI=1S/C12H14O.C10H10O/c1-3-7-11-8-5-6-9-12(11)13-10-4-2;1-2-7-10-9(5-1)6-3-4-8-11-10/h3-6,8-9H,1-2,7,10H2;1-5,7H,6,8H2. The number of para-hydroxylation sites is 2. The average molecular weight is 320 g/mol. The van der Waals surface area contributed by atoms with Gasteiger partial charge in [0.15, 0.2) is 0 Å². The summed E-state index contributed by atoms with van der Waals surface area (Å²) in [4.78, 5) is 0. The molecule has 1 heterocycles. The molecule has 0 aliphatic carbocycles. The highest BCUT2D eigenvalue weighted by molar-refractivity contribution is 5.36. The van der Waals surface area contributed by atoms with Crippen LogP contribution >= 0.6 is 0 Å². The Morgan fingerprint density at radius 3 is 2.58 bits per heavy atom. The molecule has 3 rings (SSSR count). The minimum atomic E-state index is 0.550. The molecule has 2 nitrogen and oxygen atoms in total. The van der Waals surface area contributed by atoms with Gasteiger partial charge >= 0.3 is 0 Å². The van der Waals surface area contributed by atoms with Crippen LogP contribution in [0.5, 0.6) is 11.5 Å². The molecule has 2 heteroatoms. The van der Waals surface area contributed by atoms with Gasteiger partial charge in [-0.2, -0.15) is 0 Å².